The van der Waals surface area contributed by atoms with Crippen LogP contribution in [0.25, 0.3) is 10.9 Å². The third-order valence-corrected chi connectivity index (χ3v) is 9.92. The number of hydrogen-bond donors (Lipinski definition) is 1. The molecule has 0 bridgehead atoms. The number of aliphatic hydroxyl groups is 1. The number of amides is 1. The van der Waals surface area contributed by atoms with Crippen molar-refractivity contribution in [2.45, 2.75) is 89.6 Å². The summed E-state index contributed by atoms with van der Waals surface area (Å²) < 4.78 is 33.9. The van der Waals surface area contributed by atoms with Gasteiger partial charge in [-0.3, -0.25) is 0 Å². The van der Waals surface area contributed by atoms with Crippen LogP contribution >= 0.6 is 11.6 Å². The predicted octanol–water partition coefficient (Wildman–Crippen LogP) is 7.55. The molecular weight excluding hydrogens is 601 g/mol. The van der Waals surface area contributed by atoms with Gasteiger partial charge in [0.2, 0.25) is 0 Å². The second-order valence-corrected chi connectivity index (χ2v) is 20.1. The lowest BCUT2D eigenvalue weighted by Crippen LogP contribution is -2.48. The van der Waals surface area contributed by atoms with Crippen molar-refractivity contribution in [3.8, 4) is 0 Å². The van der Waals surface area contributed by atoms with Crippen LogP contribution in [0.3, 0.4) is 0 Å². The normalized spacial score (nSPS) is 16.3. The molecule has 1 unspecified atom stereocenters. The highest BCUT2D eigenvalue weighted by Crippen LogP contribution is 2.39. The van der Waals surface area contributed by atoms with E-state index in [2.05, 4.69) is 19.6 Å². The topological polar surface area (TPSA) is 86.0 Å². The number of ether oxygens (including phenoxy) is 3. The molecule has 3 aromatic rings. The second-order valence-electron chi connectivity index (χ2n) is 14.0. The lowest BCUT2D eigenvalue weighted by Gasteiger charge is -2.43. The zero-order valence-corrected chi connectivity index (χ0v) is 28.6. The zero-order valence-electron chi connectivity index (χ0n) is 26.9. The van der Waals surface area contributed by atoms with Gasteiger partial charge in [-0.25, -0.2) is 13.9 Å². The number of hydrogen-bond acceptors (Lipinski definition) is 6. The molecule has 0 aliphatic carbocycles. The van der Waals surface area contributed by atoms with Crippen molar-refractivity contribution in [1.82, 2.24) is 14.7 Å². The summed E-state index contributed by atoms with van der Waals surface area (Å²) in [6.45, 7) is 14.7. The minimum absolute atomic E-state index is 0.0881. The van der Waals surface area contributed by atoms with Crippen LogP contribution < -0.4 is 0 Å². The van der Waals surface area contributed by atoms with E-state index in [4.69, 9.17) is 30.9 Å². The van der Waals surface area contributed by atoms with Crippen molar-refractivity contribution in [3.05, 3.63) is 64.6 Å². The number of piperidine rings is 1. The van der Waals surface area contributed by atoms with Gasteiger partial charge < -0.3 is 24.2 Å². The predicted molar refractivity (Wildman–Crippen MR) is 174 cm³/mol. The summed E-state index contributed by atoms with van der Waals surface area (Å²) in [4.78, 5) is 14.5. The molecule has 1 aliphatic rings. The summed E-state index contributed by atoms with van der Waals surface area (Å²) in [6, 6.07) is 11.3. The number of carbonyl (C=O) groups is 1. The number of aliphatic hydroxyl groups excluding tert-OH is 1. The molecular formula is C33H47ClFN3O5Si. The van der Waals surface area contributed by atoms with Gasteiger partial charge >= 0.3 is 6.09 Å². The molecule has 2 aromatic carbocycles. The van der Waals surface area contributed by atoms with Crippen LogP contribution in [0.1, 0.15) is 57.3 Å². The summed E-state index contributed by atoms with van der Waals surface area (Å²) in [6.07, 6.45) is 2.65. The fourth-order valence-electron chi connectivity index (χ4n) is 5.49. The molecule has 1 aromatic heterocycles. The summed E-state index contributed by atoms with van der Waals surface area (Å²) >= 11 is 6.57. The lowest BCUT2D eigenvalue weighted by atomic mass is 9.73. The van der Waals surface area contributed by atoms with E-state index in [0.29, 0.717) is 57.3 Å². The Morgan fingerprint density at radius 3 is 2.45 bits per heavy atom. The molecule has 0 spiro atoms. The van der Waals surface area contributed by atoms with Crippen molar-refractivity contribution in [2.24, 2.45) is 0 Å². The van der Waals surface area contributed by atoms with E-state index in [-0.39, 0.29) is 18.5 Å². The van der Waals surface area contributed by atoms with Crippen LogP contribution in [-0.4, -0.2) is 72.5 Å². The minimum atomic E-state index is -1.20. The highest BCUT2D eigenvalue weighted by molar-refractivity contribution is 6.76. The van der Waals surface area contributed by atoms with Crippen molar-refractivity contribution in [1.29, 1.82) is 0 Å². The number of halogens is 2. The van der Waals surface area contributed by atoms with Gasteiger partial charge in [-0.2, -0.15) is 5.10 Å². The first-order chi connectivity index (χ1) is 20.7. The first kappa shape index (κ1) is 34.4. The Kier molecular flexibility index (Phi) is 11.2. The highest BCUT2D eigenvalue weighted by atomic mass is 35.5. The smallest absolute Gasteiger partial charge is 0.410 e. The van der Waals surface area contributed by atoms with E-state index in [9.17, 15) is 14.3 Å². The number of aromatic nitrogens is 2. The van der Waals surface area contributed by atoms with Gasteiger partial charge in [0.15, 0.2) is 0 Å². The Morgan fingerprint density at radius 2 is 1.84 bits per heavy atom. The van der Waals surface area contributed by atoms with Crippen LogP contribution in [0.15, 0.2) is 42.6 Å². The number of carbonyl (C=O) groups excluding carboxylic acids is 1. The lowest BCUT2D eigenvalue weighted by molar-refractivity contribution is -0.0209. The molecule has 1 N–H and O–H groups in total. The van der Waals surface area contributed by atoms with E-state index in [0.717, 1.165) is 28.1 Å². The first-order valence-corrected chi connectivity index (χ1v) is 19.5. The molecule has 11 heteroatoms. The molecule has 242 valence electrons. The third kappa shape index (κ3) is 9.26. The Bertz CT molecular complexity index is 1400. The Hall–Kier alpha value is -2.50. The zero-order chi connectivity index (χ0) is 32.1. The monoisotopic (exact) mass is 647 g/mol. The SMILES string of the molecule is CC(C)(C)OC(=O)N1CCC(COC(CCO)c2cc(Cl)cc3cn(COCC[Si](C)(C)C)nc23)(c2ccc(F)cc2)CC1. The summed E-state index contributed by atoms with van der Waals surface area (Å²) in [7, 11) is -1.20. The number of likely N-dealkylation sites (tertiary alicyclic amines) is 1. The summed E-state index contributed by atoms with van der Waals surface area (Å²) in [5.74, 6) is -0.310. The van der Waals surface area contributed by atoms with Crippen molar-refractivity contribution >= 4 is 36.7 Å². The molecule has 1 aliphatic heterocycles. The molecule has 1 atom stereocenters. The molecule has 44 heavy (non-hydrogen) atoms. The van der Waals surface area contributed by atoms with Crippen LogP contribution in [-0.2, 0) is 26.4 Å². The van der Waals surface area contributed by atoms with Crippen LogP contribution in [0.5, 0.6) is 0 Å². The average Bonchev–Trinajstić information content (AvgIpc) is 3.35. The van der Waals surface area contributed by atoms with Gasteiger partial charge in [0, 0.05) is 68.4 Å². The Balaban J connectivity index is 1.56. The van der Waals surface area contributed by atoms with Crippen molar-refractivity contribution in [2.75, 3.05) is 32.9 Å². The van der Waals surface area contributed by atoms with Crippen molar-refractivity contribution < 1.29 is 28.5 Å². The van der Waals surface area contributed by atoms with Gasteiger partial charge in [0.1, 0.15) is 18.1 Å². The van der Waals surface area contributed by atoms with E-state index >= 15 is 0 Å². The standard InChI is InChI=1S/C33H47ClFN3O5Si/c1-32(2,3)43-31(40)37-14-12-33(13-15-37,25-7-9-27(35)10-8-25)22-42-29(11-16-39)28-20-26(34)19-24-21-38(36-30(24)28)23-41-17-18-44(4,5)6/h7-10,19-21,29,39H,11-18,22-23H2,1-6H3. The molecule has 4 rings (SSSR count). The number of fused-ring (bicyclic) bond motifs is 1. The largest absolute Gasteiger partial charge is 0.444 e. The summed E-state index contributed by atoms with van der Waals surface area (Å²) in [5, 5.41) is 16.3. The molecule has 0 radical (unpaired) electrons. The second kappa shape index (κ2) is 14.3. The van der Waals surface area contributed by atoms with Gasteiger partial charge in [-0.05, 0) is 69.5 Å². The maximum Gasteiger partial charge on any atom is 0.410 e. The third-order valence-electron chi connectivity index (χ3n) is 8.00. The maximum absolute atomic E-state index is 13.9. The minimum Gasteiger partial charge on any atom is -0.444 e. The van der Waals surface area contributed by atoms with Gasteiger partial charge in [-0.1, -0.05) is 43.4 Å². The van der Waals surface area contributed by atoms with Gasteiger partial charge in [0.05, 0.1) is 18.2 Å². The number of rotatable bonds is 12. The van der Waals surface area contributed by atoms with E-state index in [1.54, 1.807) is 21.7 Å². The highest BCUT2D eigenvalue weighted by Gasteiger charge is 2.40. The van der Waals surface area contributed by atoms with E-state index in [1.807, 2.05) is 39.1 Å². The van der Waals surface area contributed by atoms with Crippen molar-refractivity contribution in [3.63, 3.8) is 0 Å². The molecule has 2 heterocycles. The number of benzene rings is 2. The van der Waals surface area contributed by atoms with Crippen LogP contribution in [0, 0.1) is 5.82 Å². The first-order valence-electron chi connectivity index (χ1n) is 15.4. The fourth-order valence-corrected chi connectivity index (χ4v) is 6.48. The number of nitrogens with zero attached hydrogens (tertiary/aromatic N) is 3. The van der Waals surface area contributed by atoms with E-state index in [1.165, 1.54) is 12.1 Å². The van der Waals surface area contributed by atoms with Gasteiger partial charge in [0.25, 0.3) is 0 Å². The van der Waals surface area contributed by atoms with Gasteiger partial charge in [-0.15, -0.1) is 0 Å². The maximum atomic E-state index is 13.9. The quantitative estimate of drug-likeness (QED) is 0.161. The molecule has 8 nitrogen and oxygen atoms in total. The van der Waals surface area contributed by atoms with Crippen LogP contribution in [0.4, 0.5) is 9.18 Å². The Labute approximate surface area is 266 Å². The molecule has 0 saturated carbocycles. The molecule has 1 amide bonds. The molecule has 1 saturated heterocycles. The van der Waals surface area contributed by atoms with E-state index < -0.39 is 25.2 Å². The molecule has 1 fully saturated rings. The van der Waals surface area contributed by atoms with Crippen LogP contribution in [0.2, 0.25) is 30.7 Å². The Morgan fingerprint density at radius 1 is 1.16 bits per heavy atom. The summed E-state index contributed by atoms with van der Waals surface area (Å²) in [5.41, 5.74) is 1.43. The average molecular weight is 648 g/mol. The fraction of sp³-hybridized carbons (Fsp3) is 0.576.